The van der Waals surface area contributed by atoms with Crippen LogP contribution >= 0.6 is 11.9 Å². The van der Waals surface area contributed by atoms with Crippen molar-refractivity contribution in [1.29, 1.82) is 0 Å². The summed E-state index contributed by atoms with van der Waals surface area (Å²) >= 11 is 1.67. The maximum absolute atomic E-state index is 12.0. The number of anilines is 2. The van der Waals surface area contributed by atoms with Gasteiger partial charge < -0.3 is 15.6 Å². The van der Waals surface area contributed by atoms with Crippen LogP contribution in [-0.2, 0) is 11.0 Å². The molecule has 4 aromatic rings. The van der Waals surface area contributed by atoms with Gasteiger partial charge in [-0.1, -0.05) is 12.1 Å². The zero-order valence-electron chi connectivity index (χ0n) is 18.8. The Labute approximate surface area is 199 Å². The lowest BCUT2D eigenvalue weighted by molar-refractivity contribution is -0.137. The minimum Gasteiger partial charge on any atom is -0.388 e. The SMILES string of the molecule is CN(C)Sc1cccc(-c2ccnc3[nH]cc(NC=O)c23)c1.CNc1ccc(C(F)(F)F)cc1. The van der Waals surface area contributed by atoms with E-state index in [1.165, 1.54) is 12.1 Å². The molecular formula is C24H24F3N5OS. The number of alkyl halides is 3. The Hall–Kier alpha value is -3.50. The van der Waals surface area contributed by atoms with Crippen LogP contribution in [0.2, 0.25) is 0 Å². The van der Waals surface area contributed by atoms with Gasteiger partial charge in [-0.3, -0.25) is 9.10 Å². The number of halogens is 3. The van der Waals surface area contributed by atoms with E-state index in [4.69, 9.17) is 0 Å². The number of aromatic amines is 1. The highest BCUT2D eigenvalue weighted by atomic mass is 32.2. The smallest absolute Gasteiger partial charge is 0.388 e. The van der Waals surface area contributed by atoms with E-state index in [1.807, 2.05) is 26.2 Å². The van der Waals surface area contributed by atoms with Crippen LogP contribution in [0.1, 0.15) is 5.56 Å². The highest BCUT2D eigenvalue weighted by Gasteiger charge is 2.29. The summed E-state index contributed by atoms with van der Waals surface area (Å²) in [4.78, 5) is 19.3. The summed E-state index contributed by atoms with van der Waals surface area (Å²) in [6.07, 6.45) is -0.0391. The second kappa shape index (κ2) is 11.1. The summed E-state index contributed by atoms with van der Waals surface area (Å²) in [5, 5.41) is 6.38. The number of nitrogens with one attached hydrogen (secondary N) is 3. The van der Waals surface area contributed by atoms with Crippen LogP contribution in [0.4, 0.5) is 24.5 Å². The molecule has 2 heterocycles. The fourth-order valence-electron chi connectivity index (χ4n) is 3.23. The summed E-state index contributed by atoms with van der Waals surface area (Å²) in [6.45, 7) is 0. The number of rotatable bonds is 6. The van der Waals surface area contributed by atoms with Crippen LogP contribution in [0.15, 0.2) is 71.9 Å². The van der Waals surface area contributed by atoms with Crippen LogP contribution in [0.3, 0.4) is 0 Å². The zero-order valence-corrected chi connectivity index (χ0v) is 19.6. The van der Waals surface area contributed by atoms with E-state index in [0.29, 0.717) is 12.1 Å². The van der Waals surface area contributed by atoms with Crippen LogP contribution in [-0.4, -0.2) is 41.8 Å². The molecule has 0 fully saturated rings. The van der Waals surface area contributed by atoms with E-state index in [9.17, 15) is 18.0 Å². The normalized spacial score (nSPS) is 11.1. The molecule has 0 spiro atoms. The van der Waals surface area contributed by atoms with Gasteiger partial charge in [-0.15, -0.1) is 0 Å². The molecule has 0 aliphatic heterocycles. The topological polar surface area (TPSA) is 73.0 Å². The number of fused-ring (bicyclic) bond motifs is 1. The van der Waals surface area contributed by atoms with Crippen molar-refractivity contribution in [1.82, 2.24) is 14.3 Å². The standard InChI is InChI=1S/C16H16N4OS.C8H8F3N/c1-20(2)22-12-5-3-4-11(8-12)13-6-7-17-16-15(13)14(9-18-16)19-10-21;1-12-7-4-2-6(3-5-7)8(9,10)11/h3-10H,1-2H3,(H,17,18)(H,19,21);2-5,12H,1H3. The molecule has 10 heteroatoms. The monoisotopic (exact) mass is 487 g/mol. The summed E-state index contributed by atoms with van der Waals surface area (Å²) in [7, 11) is 5.68. The molecule has 3 N–H and O–H groups in total. The molecule has 178 valence electrons. The number of carbonyl (C=O) groups excluding carboxylic acids is 1. The highest BCUT2D eigenvalue weighted by molar-refractivity contribution is 7.97. The average Bonchev–Trinajstić information content (AvgIpc) is 3.22. The number of aromatic nitrogens is 2. The fraction of sp³-hybridized carbons (Fsp3) is 0.167. The zero-order chi connectivity index (χ0) is 24.7. The Morgan fingerprint density at radius 2 is 1.82 bits per heavy atom. The van der Waals surface area contributed by atoms with Crippen LogP contribution < -0.4 is 10.6 Å². The molecule has 6 nitrogen and oxygen atoms in total. The molecule has 0 atom stereocenters. The van der Waals surface area contributed by atoms with E-state index in [2.05, 4.69) is 43.1 Å². The van der Waals surface area contributed by atoms with Gasteiger partial charge in [0.15, 0.2) is 0 Å². The Kier molecular flexibility index (Phi) is 8.19. The first-order valence-electron chi connectivity index (χ1n) is 10.2. The summed E-state index contributed by atoms with van der Waals surface area (Å²) in [5.74, 6) is 0. The van der Waals surface area contributed by atoms with Crippen molar-refractivity contribution < 1.29 is 18.0 Å². The van der Waals surface area contributed by atoms with Crippen LogP contribution in [0, 0.1) is 0 Å². The van der Waals surface area contributed by atoms with E-state index >= 15 is 0 Å². The van der Waals surface area contributed by atoms with Gasteiger partial charge in [0.2, 0.25) is 6.41 Å². The van der Waals surface area contributed by atoms with Crippen molar-refractivity contribution in [3.63, 3.8) is 0 Å². The molecule has 0 radical (unpaired) electrons. The fourth-order valence-corrected chi connectivity index (χ4v) is 3.97. The maximum Gasteiger partial charge on any atom is 0.416 e. The van der Waals surface area contributed by atoms with Gasteiger partial charge in [-0.2, -0.15) is 13.2 Å². The molecule has 0 saturated carbocycles. The minimum absolute atomic E-state index is 0.624. The molecule has 2 aromatic carbocycles. The van der Waals surface area contributed by atoms with Crippen molar-refractivity contribution in [3.05, 3.63) is 72.6 Å². The number of hydrogen-bond donors (Lipinski definition) is 3. The van der Waals surface area contributed by atoms with Gasteiger partial charge in [-0.25, -0.2) is 4.98 Å². The van der Waals surface area contributed by atoms with Crippen molar-refractivity contribution in [2.45, 2.75) is 11.1 Å². The number of nitrogens with zero attached hydrogens (tertiary/aromatic N) is 2. The Bertz CT molecular complexity index is 1240. The summed E-state index contributed by atoms with van der Waals surface area (Å²) in [5.41, 5.74) is 3.67. The minimum atomic E-state index is -4.24. The van der Waals surface area contributed by atoms with Gasteiger partial charge in [0, 0.05) is 30.0 Å². The van der Waals surface area contributed by atoms with E-state index in [-0.39, 0.29) is 0 Å². The molecule has 4 rings (SSSR count). The number of amides is 1. The number of benzene rings is 2. The van der Waals surface area contributed by atoms with E-state index in [0.717, 1.165) is 44.9 Å². The number of carbonyl (C=O) groups is 1. The molecule has 0 bridgehead atoms. The second-order valence-electron chi connectivity index (χ2n) is 7.30. The van der Waals surface area contributed by atoms with Gasteiger partial charge in [0.1, 0.15) is 5.65 Å². The quantitative estimate of drug-likeness (QED) is 0.226. The predicted molar refractivity (Wildman–Crippen MR) is 132 cm³/mol. The van der Waals surface area contributed by atoms with Gasteiger partial charge in [0.25, 0.3) is 0 Å². The van der Waals surface area contributed by atoms with Crippen LogP contribution in [0.25, 0.3) is 22.2 Å². The van der Waals surface area contributed by atoms with Crippen LogP contribution in [0.5, 0.6) is 0 Å². The molecular weight excluding hydrogens is 463 g/mol. The molecule has 1 amide bonds. The van der Waals surface area contributed by atoms with Crippen molar-refractivity contribution >= 4 is 40.8 Å². The van der Waals surface area contributed by atoms with Gasteiger partial charge in [-0.05, 0) is 79.6 Å². The molecule has 0 aliphatic carbocycles. The second-order valence-corrected chi connectivity index (χ2v) is 8.69. The third kappa shape index (κ3) is 6.30. The molecule has 0 aliphatic rings. The third-order valence-electron chi connectivity index (χ3n) is 4.72. The first kappa shape index (κ1) is 25.1. The first-order chi connectivity index (χ1) is 16.2. The Balaban J connectivity index is 0.000000229. The Morgan fingerprint density at radius 1 is 1.09 bits per heavy atom. The molecule has 34 heavy (non-hydrogen) atoms. The molecule has 0 saturated heterocycles. The van der Waals surface area contributed by atoms with E-state index < -0.39 is 11.7 Å². The third-order valence-corrected chi connectivity index (χ3v) is 5.55. The number of hydrogen-bond acceptors (Lipinski definition) is 5. The summed E-state index contributed by atoms with van der Waals surface area (Å²) < 4.78 is 38.1. The number of H-pyrrole nitrogens is 1. The lowest BCUT2D eigenvalue weighted by atomic mass is 10.0. The van der Waals surface area contributed by atoms with Gasteiger partial charge >= 0.3 is 6.18 Å². The molecule has 0 unspecified atom stereocenters. The van der Waals surface area contributed by atoms with E-state index in [1.54, 1.807) is 31.4 Å². The largest absolute Gasteiger partial charge is 0.416 e. The predicted octanol–water partition coefficient (Wildman–Crippen LogP) is 6.11. The van der Waals surface area contributed by atoms with Crippen molar-refractivity contribution in [3.8, 4) is 11.1 Å². The summed E-state index contributed by atoms with van der Waals surface area (Å²) in [6, 6.07) is 15.2. The number of pyridine rings is 1. The molecule has 2 aromatic heterocycles. The lowest BCUT2D eigenvalue weighted by Gasteiger charge is -2.11. The average molecular weight is 488 g/mol. The highest BCUT2D eigenvalue weighted by Crippen LogP contribution is 2.34. The Morgan fingerprint density at radius 3 is 2.44 bits per heavy atom. The maximum atomic E-state index is 12.0. The lowest BCUT2D eigenvalue weighted by Crippen LogP contribution is -2.04. The first-order valence-corrected chi connectivity index (χ1v) is 11.0. The van der Waals surface area contributed by atoms with Crippen molar-refractivity contribution in [2.75, 3.05) is 31.8 Å². The van der Waals surface area contributed by atoms with Crippen molar-refractivity contribution in [2.24, 2.45) is 0 Å². The van der Waals surface area contributed by atoms with Gasteiger partial charge in [0.05, 0.1) is 16.6 Å².